The number of benzene rings is 2. The van der Waals surface area contributed by atoms with Gasteiger partial charge in [0.25, 0.3) is 0 Å². The second kappa shape index (κ2) is 10.1. The maximum Gasteiger partial charge on any atom is 0.407 e. The van der Waals surface area contributed by atoms with Crippen molar-refractivity contribution in [3.63, 3.8) is 0 Å². The summed E-state index contributed by atoms with van der Waals surface area (Å²) in [6.07, 6.45) is 3.22. The highest BCUT2D eigenvalue weighted by Crippen LogP contribution is 2.44. The molecule has 33 heavy (non-hydrogen) atoms. The Hall–Kier alpha value is -3.35. The molecule has 0 aromatic heterocycles. The molecule has 2 aromatic carbocycles. The van der Waals surface area contributed by atoms with E-state index >= 15 is 0 Å². The average Bonchev–Trinajstić information content (AvgIpc) is 3.46. The van der Waals surface area contributed by atoms with Crippen molar-refractivity contribution in [3.8, 4) is 11.1 Å². The standard InChI is InChI=1S/C26H30N2O5/c1-2-23(25(31)28(15-24(29)30)17-9-3-4-10-17)27-26(32)33-16-22-20-13-7-5-11-18(20)19-12-6-8-14-21(19)22/h5-8,11-14,17,22-23H,2-4,9-10,15-16H2,1H3,(H,27,32)(H,29,30). The van der Waals surface area contributed by atoms with E-state index in [0.29, 0.717) is 6.42 Å². The predicted octanol–water partition coefficient (Wildman–Crippen LogP) is 4.16. The van der Waals surface area contributed by atoms with Crippen molar-refractivity contribution >= 4 is 18.0 Å². The molecular formula is C26H30N2O5. The van der Waals surface area contributed by atoms with Crippen LogP contribution in [0.1, 0.15) is 56.1 Å². The number of carboxylic acid groups (broad SMARTS) is 1. The van der Waals surface area contributed by atoms with Gasteiger partial charge in [-0.15, -0.1) is 0 Å². The quantitative estimate of drug-likeness (QED) is 0.630. The van der Waals surface area contributed by atoms with Crippen LogP contribution in [0.15, 0.2) is 48.5 Å². The average molecular weight is 451 g/mol. The lowest BCUT2D eigenvalue weighted by Gasteiger charge is -2.31. The number of nitrogens with one attached hydrogen (secondary N) is 1. The number of aliphatic carboxylic acids is 1. The zero-order valence-electron chi connectivity index (χ0n) is 18.8. The Morgan fingerprint density at radius 2 is 1.61 bits per heavy atom. The highest BCUT2D eigenvalue weighted by atomic mass is 16.5. The molecule has 2 aromatic rings. The molecule has 7 nitrogen and oxygen atoms in total. The van der Waals surface area contributed by atoms with Gasteiger partial charge in [-0.25, -0.2) is 4.79 Å². The van der Waals surface area contributed by atoms with Gasteiger partial charge in [0.2, 0.25) is 5.91 Å². The van der Waals surface area contributed by atoms with E-state index in [1.165, 1.54) is 4.90 Å². The minimum absolute atomic E-state index is 0.0686. The van der Waals surface area contributed by atoms with Crippen LogP contribution in [0.3, 0.4) is 0 Å². The zero-order valence-corrected chi connectivity index (χ0v) is 18.8. The smallest absolute Gasteiger partial charge is 0.407 e. The summed E-state index contributed by atoms with van der Waals surface area (Å²) < 4.78 is 5.57. The number of nitrogens with zero attached hydrogens (tertiary/aromatic N) is 1. The molecule has 0 aliphatic heterocycles. The fourth-order valence-corrected chi connectivity index (χ4v) is 5.07. The Morgan fingerprint density at radius 1 is 1.03 bits per heavy atom. The molecule has 0 saturated heterocycles. The maximum absolute atomic E-state index is 13.1. The summed E-state index contributed by atoms with van der Waals surface area (Å²) in [6.45, 7) is 1.60. The van der Waals surface area contributed by atoms with E-state index in [9.17, 15) is 19.5 Å². The molecule has 1 unspecified atom stereocenters. The van der Waals surface area contributed by atoms with Gasteiger partial charge < -0.3 is 20.1 Å². The topological polar surface area (TPSA) is 95.9 Å². The van der Waals surface area contributed by atoms with Crippen molar-refractivity contribution in [3.05, 3.63) is 59.7 Å². The van der Waals surface area contributed by atoms with E-state index in [0.717, 1.165) is 47.9 Å². The molecule has 2 amide bonds. The van der Waals surface area contributed by atoms with Crippen LogP contribution < -0.4 is 5.32 Å². The van der Waals surface area contributed by atoms with E-state index in [4.69, 9.17) is 4.74 Å². The summed E-state index contributed by atoms with van der Waals surface area (Å²) in [5.74, 6) is -1.48. The van der Waals surface area contributed by atoms with Crippen molar-refractivity contribution in [2.45, 2.75) is 57.0 Å². The summed E-state index contributed by atoms with van der Waals surface area (Å²) in [6, 6.07) is 15.3. The van der Waals surface area contributed by atoms with E-state index < -0.39 is 18.1 Å². The molecule has 4 rings (SSSR count). The molecule has 0 heterocycles. The van der Waals surface area contributed by atoms with Crippen molar-refractivity contribution in [2.75, 3.05) is 13.2 Å². The van der Waals surface area contributed by atoms with Crippen LogP contribution in [-0.4, -0.2) is 53.2 Å². The van der Waals surface area contributed by atoms with Gasteiger partial charge in [0.15, 0.2) is 0 Å². The Bertz CT molecular complexity index is 985. The summed E-state index contributed by atoms with van der Waals surface area (Å²) in [7, 11) is 0. The van der Waals surface area contributed by atoms with Crippen molar-refractivity contribution < 1.29 is 24.2 Å². The number of hydrogen-bond acceptors (Lipinski definition) is 4. The molecule has 0 spiro atoms. The lowest BCUT2D eigenvalue weighted by atomic mass is 9.98. The van der Waals surface area contributed by atoms with Crippen LogP contribution in [0.5, 0.6) is 0 Å². The first-order chi connectivity index (χ1) is 16.0. The SMILES string of the molecule is CCC(NC(=O)OCC1c2ccccc2-c2ccccc21)C(=O)N(CC(=O)O)C1CCCC1. The lowest BCUT2D eigenvalue weighted by molar-refractivity contribution is -0.147. The Labute approximate surface area is 193 Å². The third-order valence-electron chi connectivity index (χ3n) is 6.70. The van der Waals surface area contributed by atoms with E-state index in [2.05, 4.69) is 17.4 Å². The van der Waals surface area contributed by atoms with Gasteiger partial charge in [0, 0.05) is 12.0 Å². The molecule has 1 fully saturated rings. The Balaban J connectivity index is 1.41. The zero-order chi connectivity index (χ0) is 23.4. The van der Waals surface area contributed by atoms with Crippen LogP contribution in [0, 0.1) is 0 Å². The molecule has 1 atom stereocenters. The van der Waals surface area contributed by atoms with Crippen LogP contribution >= 0.6 is 0 Å². The van der Waals surface area contributed by atoms with Gasteiger partial charge in [-0.2, -0.15) is 0 Å². The van der Waals surface area contributed by atoms with Crippen molar-refractivity contribution in [1.29, 1.82) is 0 Å². The summed E-state index contributed by atoms with van der Waals surface area (Å²) in [4.78, 5) is 38.5. The van der Waals surface area contributed by atoms with E-state index in [-0.39, 0.29) is 31.0 Å². The number of hydrogen-bond donors (Lipinski definition) is 2. The largest absolute Gasteiger partial charge is 0.480 e. The summed E-state index contributed by atoms with van der Waals surface area (Å²) >= 11 is 0. The fourth-order valence-electron chi connectivity index (χ4n) is 5.07. The van der Waals surface area contributed by atoms with Crippen molar-refractivity contribution in [1.82, 2.24) is 10.2 Å². The maximum atomic E-state index is 13.1. The van der Waals surface area contributed by atoms with Gasteiger partial charge in [-0.3, -0.25) is 9.59 Å². The van der Waals surface area contributed by atoms with Crippen LogP contribution in [0.2, 0.25) is 0 Å². The first-order valence-electron chi connectivity index (χ1n) is 11.6. The Morgan fingerprint density at radius 3 is 2.15 bits per heavy atom. The van der Waals surface area contributed by atoms with Gasteiger partial charge in [-0.1, -0.05) is 68.3 Å². The molecule has 7 heteroatoms. The molecule has 0 bridgehead atoms. The third-order valence-corrected chi connectivity index (χ3v) is 6.70. The number of alkyl carbamates (subject to hydrolysis) is 1. The number of carbonyl (C=O) groups excluding carboxylic acids is 2. The van der Waals surface area contributed by atoms with Crippen LogP contribution in [0.25, 0.3) is 11.1 Å². The predicted molar refractivity (Wildman–Crippen MR) is 124 cm³/mol. The van der Waals surface area contributed by atoms with Gasteiger partial charge in [0.05, 0.1) is 0 Å². The summed E-state index contributed by atoms with van der Waals surface area (Å²) in [5, 5.41) is 12.0. The molecule has 2 N–H and O–H groups in total. The molecular weight excluding hydrogens is 420 g/mol. The monoisotopic (exact) mass is 450 g/mol. The number of carboxylic acids is 1. The number of carbonyl (C=O) groups is 3. The molecule has 0 radical (unpaired) electrons. The molecule has 174 valence electrons. The number of fused-ring (bicyclic) bond motifs is 3. The second-order valence-corrected chi connectivity index (χ2v) is 8.73. The lowest BCUT2D eigenvalue weighted by Crippen LogP contribution is -2.52. The van der Waals surface area contributed by atoms with Crippen LogP contribution in [-0.2, 0) is 14.3 Å². The number of rotatable bonds is 8. The molecule has 2 aliphatic rings. The fraction of sp³-hybridized carbons (Fsp3) is 0.423. The van der Waals surface area contributed by atoms with Gasteiger partial charge >= 0.3 is 12.1 Å². The first kappa shape index (κ1) is 22.8. The molecule has 1 saturated carbocycles. The first-order valence-corrected chi connectivity index (χ1v) is 11.6. The van der Waals surface area contributed by atoms with E-state index in [1.807, 2.05) is 36.4 Å². The molecule has 2 aliphatic carbocycles. The minimum Gasteiger partial charge on any atom is -0.480 e. The Kier molecular flexibility index (Phi) is 6.96. The number of ether oxygens (including phenoxy) is 1. The van der Waals surface area contributed by atoms with Crippen molar-refractivity contribution in [2.24, 2.45) is 0 Å². The van der Waals surface area contributed by atoms with Gasteiger partial charge in [0.1, 0.15) is 19.2 Å². The van der Waals surface area contributed by atoms with E-state index in [1.54, 1.807) is 6.92 Å². The normalized spacial score (nSPS) is 16.0. The highest BCUT2D eigenvalue weighted by Gasteiger charge is 2.34. The third kappa shape index (κ3) is 4.87. The van der Waals surface area contributed by atoms with Crippen LogP contribution in [0.4, 0.5) is 4.79 Å². The number of amides is 2. The van der Waals surface area contributed by atoms with Gasteiger partial charge in [-0.05, 0) is 41.5 Å². The highest BCUT2D eigenvalue weighted by molar-refractivity contribution is 5.88. The summed E-state index contributed by atoms with van der Waals surface area (Å²) in [5.41, 5.74) is 4.51. The second-order valence-electron chi connectivity index (χ2n) is 8.73. The minimum atomic E-state index is -1.05.